The van der Waals surface area contributed by atoms with Crippen LogP contribution >= 0.6 is 15.9 Å². The van der Waals surface area contributed by atoms with Gasteiger partial charge in [0, 0.05) is 22.2 Å². The molecule has 0 amide bonds. The number of nitriles is 1. The van der Waals surface area contributed by atoms with Gasteiger partial charge in [-0.25, -0.2) is 0 Å². The van der Waals surface area contributed by atoms with Gasteiger partial charge in [0.05, 0.1) is 11.5 Å². The molecule has 2 heterocycles. The van der Waals surface area contributed by atoms with Crippen LogP contribution < -0.4 is 15.9 Å². The molecule has 32 heavy (non-hydrogen) atoms. The number of ether oxygens (including phenoxy) is 1. The minimum atomic E-state index is -0.709. The molecule has 0 spiro atoms. The Morgan fingerprint density at radius 3 is 2.56 bits per heavy atom. The van der Waals surface area contributed by atoms with Crippen LogP contribution in [0.2, 0.25) is 0 Å². The lowest BCUT2D eigenvalue weighted by Gasteiger charge is -2.27. The van der Waals surface area contributed by atoms with E-state index in [1.807, 2.05) is 54.6 Å². The summed E-state index contributed by atoms with van der Waals surface area (Å²) >= 11 is 3.44. The fourth-order valence-corrected chi connectivity index (χ4v) is 4.42. The van der Waals surface area contributed by atoms with E-state index in [2.05, 4.69) is 22.0 Å². The highest BCUT2D eigenvalue weighted by atomic mass is 79.9. The zero-order valence-electron chi connectivity index (χ0n) is 16.5. The molecule has 7 heteroatoms. The standard InChI is InChI=1S/C25H15BrN2O4/c26-15-8-4-7-14(9-15)21-16(12-27)25(28)32-20-11-19-22(24(30)23(20)21)17(29)10-18(31-19)13-5-2-1-3-6-13/h1-11,21,30H,28H2. The third-order valence-electron chi connectivity index (χ3n) is 5.42. The van der Waals surface area contributed by atoms with Gasteiger partial charge in [0.2, 0.25) is 5.88 Å². The summed E-state index contributed by atoms with van der Waals surface area (Å²) in [5.74, 6) is -0.479. The minimum absolute atomic E-state index is 0.0183. The van der Waals surface area contributed by atoms with Crippen molar-refractivity contribution in [1.82, 2.24) is 0 Å². The van der Waals surface area contributed by atoms with Crippen molar-refractivity contribution in [2.75, 3.05) is 0 Å². The molecule has 1 aliphatic heterocycles. The van der Waals surface area contributed by atoms with Gasteiger partial charge in [-0.15, -0.1) is 0 Å². The predicted molar refractivity (Wildman–Crippen MR) is 123 cm³/mol. The topological polar surface area (TPSA) is 109 Å². The molecule has 5 rings (SSSR count). The lowest BCUT2D eigenvalue weighted by atomic mass is 9.82. The Morgan fingerprint density at radius 1 is 1.06 bits per heavy atom. The van der Waals surface area contributed by atoms with E-state index in [1.165, 1.54) is 12.1 Å². The number of halogens is 1. The van der Waals surface area contributed by atoms with Crippen LogP contribution in [0.5, 0.6) is 11.5 Å². The number of hydrogen-bond acceptors (Lipinski definition) is 6. The number of phenols is 1. The number of hydrogen-bond donors (Lipinski definition) is 2. The second kappa shape index (κ2) is 7.59. The largest absolute Gasteiger partial charge is 0.507 e. The average molecular weight is 487 g/mol. The quantitative estimate of drug-likeness (QED) is 0.405. The number of aromatic hydroxyl groups is 1. The molecule has 0 aliphatic carbocycles. The second-order valence-corrected chi connectivity index (χ2v) is 8.25. The van der Waals surface area contributed by atoms with E-state index in [-0.39, 0.29) is 33.9 Å². The summed E-state index contributed by atoms with van der Waals surface area (Å²) in [7, 11) is 0. The van der Waals surface area contributed by atoms with Crippen LogP contribution in [0.15, 0.2) is 91.9 Å². The van der Waals surface area contributed by atoms with Gasteiger partial charge >= 0.3 is 0 Å². The summed E-state index contributed by atoms with van der Waals surface area (Å²) in [6, 6.07) is 21.5. The van der Waals surface area contributed by atoms with Crippen LogP contribution in [-0.2, 0) is 0 Å². The molecular formula is C25H15BrN2O4. The van der Waals surface area contributed by atoms with Crippen molar-refractivity contribution in [3.05, 3.63) is 104 Å². The van der Waals surface area contributed by atoms with Crippen molar-refractivity contribution in [3.63, 3.8) is 0 Å². The maximum Gasteiger partial charge on any atom is 0.205 e. The third kappa shape index (κ3) is 3.13. The van der Waals surface area contributed by atoms with Crippen LogP contribution in [0.25, 0.3) is 22.3 Å². The number of nitrogens with two attached hydrogens (primary N) is 1. The smallest absolute Gasteiger partial charge is 0.205 e. The van der Waals surface area contributed by atoms with Gasteiger partial charge in [-0.05, 0) is 17.7 Å². The van der Waals surface area contributed by atoms with Crippen molar-refractivity contribution < 1.29 is 14.3 Å². The van der Waals surface area contributed by atoms with Crippen molar-refractivity contribution in [2.24, 2.45) is 5.73 Å². The molecule has 0 radical (unpaired) electrons. The Balaban J connectivity index is 1.80. The van der Waals surface area contributed by atoms with Gasteiger partial charge in [0.1, 0.15) is 39.9 Å². The third-order valence-corrected chi connectivity index (χ3v) is 5.91. The highest BCUT2D eigenvalue weighted by Gasteiger charge is 2.35. The van der Waals surface area contributed by atoms with Gasteiger partial charge in [0.25, 0.3) is 0 Å². The van der Waals surface area contributed by atoms with Gasteiger partial charge in [-0.2, -0.15) is 5.26 Å². The van der Waals surface area contributed by atoms with Crippen LogP contribution in [-0.4, -0.2) is 5.11 Å². The summed E-state index contributed by atoms with van der Waals surface area (Å²) < 4.78 is 12.4. The van der Waals surface area contributed by atoms with Crippen molar-refractivity contribution >= 4 is 26.9 Å². The van der Waals surface area contributed by atoms with Gasteiger partial charge in [0.15, 0.2) is 5.43 Å². The highest BCUT2D eigenvalue weighted by Crippen LogP contribution is 2.49. The zero-order chi connectivity index (χ0) is 22.4. The Kier molecular flexibility index (Phi) is 4.72. The number of benzene rings is 3. The second-order valence-electron chi connectivity index (χ2n) is 7.33. The Morgan fingerprint density at radius 2 is 1.84 bits per heavy atom. The van der Waals surface area contributed by atoms with Gasteiger partial charge in [-0.3, -0.25) is 4.79 Å². The molecule has 3 aromatic carbocycles. The lowest BCUT2D eigenvalue weighted by Crippen LogP contribution is -2.21. The number of phenolic OH excluding ortho intramolecular Hbond substituents is 1. The first-order valence-corrected chi connectivity index (χ1v) is 10.5. The van der Waals surface area contributed by atoms with E-state index in [1.54, 1.807) is 0 Å². The van der Waals surface area contributed by atoms with Crippen molar-refractivity contribution in [2.45, 2.75) is 5.92 Å². The molecule has 4 aromatic rings. The number of nitrogens with zero attached hydrogens (tertiary/aromatic N) is 1. The summed E-state index contributed by atoms with van der Waals surface area (Å²) in [5.41, 5.74) is 7.70. The Labute approximate surface area is 190 Å². The fraction of sp³-hybridized carbons (Fsp3) is 0.0400. The van der Waals surface area contributed by atoms with E-state index in [4.69, 9.17) is 14.9 Å². The Hall–Kier alpha value is -4.02. The predicted octanol–water partition coefficient (Wildman–Crippen LogP) is 5.15. The molecule has 1 aromatic heterocycles. The molecule has 0 saturated heterocycles. The zero-order valence-corrected chi connectivity index (χ0v) is 18.1. The summed E-state index contributed by atoms with van der Waals surface area (Å²) in [5, 5.41) is 21.0. The van der Waals surface area contributed by atoms with E-state index >= 15 is 0 Å². The molecule has 0 saturated carbocycles. The normalized spacial score (nSPS) is 15.2. The SMILES string of the molecule is N#CC1=C(N)Oc2cc3oc(-c4ccccc4)cc(=O)c3c(O)c2C1c1cccc(Br)c1. The van der Waals surface area contributed by atoms with E-state index in [0.717, 1.165) is 10.0 Å². The summed E-state index contributed by atoms with van der Waals surface area (Å²) in [6.07, 6.45) is 0. The first kappa shape index (κ1) is 19.9. The van der Waals surface area contributed by atoms with E-state index in [9.17, 15) is 15.2 Å². The molecular weight excluding hydrogens is 472 g/mol. The maximum absolute atomic E-state index is 13.0. The number of rotatable bonds is 2. The maximum atomic E-state index is 13.0. The van der Waals surface area contributed by atoms with E-state index < -0.39 is 11.3 Å². The van der Waals surface area contributed by atoms with Gasteiger partial charge in [-0.1, -0.05) is 58.4 Å². The monoisotopic (exact) mass is 486 g/mol. The molecule has 0 fully saturated rings. The fourth-order valence-electron chi connectivity index (χ4n) is 4.00. The highest BCUT2D eigenvalue weighted by molar-refractivity contribution is 9.10. The van der Waals surface area contributed by atoms with Crippen LogP contribution in [0.4, 0.5) is 0 Å². The Bertz CT molecular complexity index is 1520. The first-order chi connectivity index (χ1) is 15.5. The number of fused-ring (bicyclic) bond motifs is 2. The molecule has 0 bridgehead atoms. The molecule has 6 nitrogen and oxygen atoms in total. The van der Waals surface area contributed by atoms with Crippen molar-refractivity contribution in [1.29, 1.82) is 5.26 Å². The molecule has 156 valence electrons. The van der Waals surface area contributed by atoms with Gasteiger partial charge < -0.3 is 20.0 Å². The van der Waals surface area contributed by atoms with Crippen LogP contribution in [0.1, 0.15) is 17.0 Å². The number of allylic oxidation sites excluding steroid dienone is 1. The average Bonchev–Trinajstić information content (AvgIpc) is 2.78. The van der Waals surface area contributed by atoms with Crippen molar-refractivity contribution in [3.8, 4) is 28.9 Å². The molecule has 3 N–H and O–H groups in total. The lowest BCUT2D eigenvalue weighted by molar-refractivity contribution is 0.383. The first-order valence-electron chi connectivity index (χ1n) is 9.70. The van der Waals surface area contributed by atoms with Crippen LogP contribution in [0.3, 0.4) is 0 Å². The molecule has 1 atom stereocenters. The van der Waals surface area contributed by atoms with E-state index in [0.29, 0.717) is 16.9 Å². The summed E-state index contributed by atoms with van der Waals surface area (Å²) in [4.78, 5) is 13.0. The molecule has 1 aliphatic rings. The van der Waals surface area contributed by atoms with Crippen LogP contribution in [0, 0.1) is 11.3 Å². The molecule has 1 unspecified atom stereocenters. The summed E-state index contributed by atoms with van der Waals surface area (Å²) in [6.45, 7) is 0. The minimum Gasteiger partial charge on any atom is -0.507 e.